The SMILES string of the molecule is C[C@H]1CN(C2COC2)CCN1c1ccc(Nc2cc(-c3ccnc(N4CCn5c(cc6c5C5CC[C@H]65)C4=O)c3CO)cn(C)c2=O)nc1. The molecule has 7 heterocycles. The van der Waals surface area contributed by atoms with Gasteiger partial charge in [0.05, 0.1) is 37.7 Å². The number of nitrogens with zero attached hydrogens (tertiary/aromatic N) is 7. The number of ether oxygens (including phenoxy) is 1. The molecule has 48 heavy (non-hydrogen) atoms. The number of pyridine rings is 3. The molecule has 3 atom stereocenters. The van der Waals surface area contributed by atoms with Crippen LogP contribution in [0.5, 0.6) is 0 Å². The number of aliphatic hydroxyl groups is 1. The molecule has 1 amide bonds. The third kappa shape index (κ3) is 4.53. The number of carbonyl (C=O) groups excluding carboxylic acids is 1. The van der Waals surface area contributed by atoms with Gasteiger partial charge < -0.3 is 29.2 Å². The van der Waals surface area contributed by atoms with Crippen molar-refractivity contribution in [2.75, 3.05) is 54.5 Å². The van der Waals surface area contributed by atoms with Crippen LogP contribution in [0.2, 0.25) is 0 Å². The molecule has 0 bridgehead atoms. The summed E-state index contributed by atoms with van der Waals surface area (Å²) in [4.78, 5) is 43.0. The molecule has 248 valence electrons. The van der Waals surface area contributed by atoms with Gasteiger partial charge in [-0.15, -0.1) is 0 Å². The Hall–Kier alpha value is -4.52. The lowest BCUT2D eigenvalue weighted by Crippen LogP contribution is -2.59. The number of piperazine rings is 1. The highest BCUT2D eigenvalue weighted by Crippen LogP contribution is 2.61. The average Bonchev–Trinajstić information content (AvgIpc) is 3.37. The summed E-state index contributed by atoms with van der Waals surface area (Å²) in [6.07, 6.45) is 7.70. The van der Waals surface area contributed by atoms with Crippen molar-refractivity contribution < 1.29 is 14.6 Å². The quantitative estimate of drug-likeness (QED) is 0.311. The Balaban J connectivity index is 0.966. The van der Waals surface area contributed by atoms with Crippen LogP contribution in [-0.2, 0) is 24.9 Å². The zero-order chi connectivity index (χ0) is 32.7. The molecular weight excluding hydrogens is 608 g/mol. The molecule has 5 aliphatic rings. The summed E-state index contributed by atoms with van der Waals surface area (Å²) in [5.74, 6) is 2.16. The zero-order valence-corrected chi connectivity index (χ0v) is 27.3. The van der Waals surface area contributed by atoms with E-state index in [0.717, 1.165) is 44.1 Å². The maximum atomic E-state index is 13.8. The van der Waals surface area contributed by atoms with Crippen LogP contribution in [0.15, 0.2) is 53.7 Å². The Morgan fingerprint density at radius 3 is 2.58 bits per heavy atom. The molecule has 1 unspecified atom stereocenters. The molecule has 4 aromatic heterocycles. The molecular formula is C36H40N8O4. The molecule has 9 rings (SSSR count). The zero-order valence-electron chi connectivity index (χ0n) is 27.3. The average molecular weight is 649 g/mol. The van der Waals surface area contributed by atoms with Gasteiger partial charge in [0.2, 0.25) is 0 Å². The predicted octanol–water partition coefficient (Wildman–Crippen LogP) is 3.42. The van der Waals surface area contributed by atoms with E-state index < -0.39 is 0 Å². The van der Waals surface area contributed by atoms with Gasteiger partial charge in [-0.3, -0.25) is 19.4 Å². The van der Waals surface area contributed by atoms with Gasteiger partial charge in [-0.1, -0.05) is 0 Å². The Morgan fingerprint density at radius 2 is 1.88 bits per heavy atom. The highest BCUT2D eigenvalue weighted by atomic mass is 16.5. The highest BCUT2D eigenvalue weighted by Gasteiger charge is 2.49. The molecule has 1 saturated carbocycles. The fourth-order valence-electron chi connectivity index (χ4n) is 8.45. The monoisotopic (exact) mass is 648 g/mol. The number of hydrogen-bond acceptors (Lipinski definition) is 9. The van der Waals surface area contributed by atoms with Gasteiger partial charge in [0.1, 0.15) is 23.0 Å². The largest absolute Gasteiger partial charge is 0.392 e. The van der Waals surface area contributed by atoms with Crippen molar-refractivity contribution in [1.82, 2.24) is 24.0 Å². The van der Waals surface area contributed by atoms with Gasteiger partial charge in [-0.2, -0.15) is 0 Å². The molecule has 0 radical (unpaired) electrons. The van der Waals surface area contributed by atoms with Gasteiger partial charge in [-0.25, -0.2) is 9.97 Å². The summed E-state index contributed by atoms with van der Waals surface area (Å²) in [5, 5.41) is 13.9. The van der Waals surface area contributed by atoms with Gasteiger partial charge in [0, 0.05) is 80.9 Å². The van der Waals surface area contributed by atoms with E-state index in [0.29, 0.717) is 71.2 Å². The predicted molar refractivity (Wildman–Crippen MR) is 182 cm³/mol. The fourth-order valence-corrected chi connectivity index (χ4v) is 8.45. The molecule has 12 nitrogen and oxygen atoms in total. The number of amides is 1. The Labute approximate surface area is 278 Å². The second-order valence-corrected chi connectivity index (χ2v) is 13.9. The number of rotatable bonds is 7. The summed E-state index contributed by atoms with van der Waals surface area (Å²) in [6, 6.07) is 10.5. The summed E-state index contributed by atoms with van der Waals surface area (Å²) in [6.45, 7) is 7.70. The van der Waals surface area contributed by atoms with Gasteiger partial charge in [-0.05, 0) is 67.1 Å². The lowest BCUT2D eigenvalue weighted by molar-refractivity contribution is -0.0691. The first kappa shape index (κ1) is 29.6. The third-order valence-electron chi connectivity index (χ3n) is 11.3. The second-order valence-electron chi connectivity index (χ2n) is 13.9. The van der Waals surface area contributed by atoms with E-state index in [-0.39, 0.29) is 18.1 Å². The Kier molecular flexibility index (Phi) is 6.96. The van der Waals surface area contributed by atoms with Crippen LogP contribution in [0.1, 0.15) is 58.9 Å². The number of aromatic nitrogens is 4. The highest BCUT2D eigenvalue weighted by molar-refractivity contribution is 6.06. The van der Waals surface area contributed by atoms with Crippen LogP contribution in [0, 0.1) is 0 Å². The van der Waals surface area contributed by atoms with Crippen LogP contribution in [0.4, 0.5) is 23.0 Å². The van der Waals surface area contributed by atoms with Crippen molar-refractivity contribution in [1.29, 1.82) is 0 Å². The number of aryl methyl sites for hydroxylation is 1. The third-order valence-corrected chi connectivity index (χ3v) is 11.3. The van der Waals surface area contributed by atoms with Gasteiger partial charge >= 0.3 is 0 Å². The summed E-state index contributed by atoms with van der Waals surface area (Å²) >= 11 is 0. The summed E-state index contributed by atoms with van der Waals surface area (Å²) in [5.41, 5.74) is 6.59. The summed E-state index contributed by atoms with van der Waals surface area (Å²) in [7, 11) is 1.71. The van der Waals surface area contributed by atoms with Gasteiger partial charge in [0.15, 0.2) is 0 Å². The first-order chi connectivity index (χ1) is 23.4. The van der Waals surface area contributed by atoms with E-state index in [1.165, 1.54) is 28.7 Å². The number of fused-ring (bicyclic) bond motifs is 6. The minimum absolute atomic E-state index is 0.0871. The van der Waals surface area contributed by atoms with Crippen molar-refractivity contribution in [2.45, 2.75) is 56.8 Å². The van der Waals surface area contributed by atoms with E-state index in [4.69, 9.17) is 4.74 Å². The fraction of sp³-hybridized carbons (Fsp3) is 0.444. The molecule has 0 aromatic carbocycles. The smallest absolute Gasteiger partial charge is 0.276 e. The van der Waals surface area contributed by atoms with Crippen molar-refractivity contribution in [3.05, 3.63) is 81.8 Å². The van der Waals surface area contributed by atoms with Crippen molar-refractivity contribution in [3.63, 3.8) is 0 Å². The number of aliphatic hydroxyl groups excluding tert-OH is 1. The molecule has 0 spiro atoms. The minimum Gasteiger partial charge on any atom is -0.392 e. The number of hydrogen-bond donors (Lipinski definition) is 2. The first-order valence-corrected chi connectivity index (χ1v) is 17.1. The number of anilines is 4. The molecule has 12 heteroatoms. The normalized spacial score (nSPS) is 23.5. The molecule has 3 aliphatic heterocycles. The van der Waals surface area contributed by atoms with E-state index in [9.17, 15) is 14.7 Å². The molecule has 4 aromatic rings. The van der Waals surface area contributed by atoms with Crippen LogP contribution >= 0.6 is 0 Å². The van der Waals surface area contributed by atoms with E-state index >= 15 is 0 Å². The van der Waals surface area contributed by atoms with E-state index in [2.05, 4.69) is 42.6 Å². The first-order valence-electron chi connectivity index (χ1n) is 17.1. The van der Waals surface area contributed by atoms with Crippen molar-refractivity contribution in [2.24, 2.45) is 7.05 Å². The maximum Gasteiger partial charge on any atom is 0.276 e. The van der Waals surface area contributed by atoms with Crippen molar-refractivity contribution in [3.8, 4) is 11.1 Å². The van der Waals surface area contributed by atoms with Crippen molar-refractivity contribution >= 4 is 28.9 Å². The Bertz CT molecular complexity index is 1980. The Morgan fingerprint density at radius 1 is 1.02 bits per heavy atom. The van der Waals surface area contributed by atoms with E-state index in [1.54, 1.807) is 30.4 Å². The van der Waals surface area contributed by atoms with E-state index in [1.807, 2.05) is 24.4 Å². The number of nitrogens with one attached hydrogen (secondary N) is 1. The minimum atomic E-state index is -0.306. The van der Waals surface area contributed by atoms with Crippen LogP contribution in [-0.4, -0.2) is 86.5 Å². The molecule has 2 aliphatic carbocycles. The topological polar surface area (TPSA) is 121 Å². The van der Waals surface area contributed by atoms with Gasteiger partial charge in [0.25, 0.3) is 11.5 Å². The number of carbonyl (C=O) groups is 1. The standard InChI is InChI=1S/C36H40N8O4/c1-21-16-41(24-19-48-20-24)9-10-42(21)23-3-6-32(38-15-23)39-30-13-22(17-40(2)35(30)46)25-7-8-37-34(29(25)18-45)44-12-11-43-31(36(44)47)14-28-26-4-5-27(26)33(28)43/h3,6-8,13-15,17,21,24,26-27,45H,4-5,9-12,16,18-20H2,1-2H3,(H,38,39)/t21-,26-,27?/m0/s1. The van der Waals surface area contributed by atoms with Crippen LogP contribution in [0.25, 0.3) is 11.1 Å². The molecule has 2 saturated heterocycles. The lowest BCUT2D eigenvalue weighted by atomic mass is 9.59. The maximum absolute atomic E-state index is 13.8. The second kappa shape index (κ2) is 11.3. The lowest BCUT2D eigenvalue weighted by Gasteiger charge is -2.47. The summed E-state index contributed by atoms with van der Waals surface area (Å²) < 4.78 is 9.11. The van der Waals surface area contributed by atoms with Crippen LogP contribution < -0.4 is 20.7 Å². The molecule has 3 fully saturated rings. The van der Waals surface area contributed by atoms with Crippen LogP contribution in [0.3, 0.4) is 0 Å². The molecule has 2 N–H and O–H groups in total.